The summed E-state index contributed by atoms with van der Waals surface area (Å²) in [7, 11) is 0. The van der Waals surface area contributed by atoms with Gasteiger partial charge in [0.05, 0.1) is 0 Å². The zero-order valence-corrected chi connectivity index (χ0v) is 11.4. The zero-order valence-electron chi connectivity index (χ0n) is 11.4. The van der Waals surface area contributed by atoms with E-state index in [-0.39, 0.29) is 0 Å². The van der Waals surface area contributed by atoms with Crippen LogP contribution in [0, 0.1) is 23.5 Å². The lowest BCUT2D eigenvalue weighted by Crippen LogP contribution is -2.35. The molecule has 1 fully saturated rings. The van der Waals surface area contributed by atoms with Crippen LogP contribution in [-0.4, -0.2) is 11.1 Å². The van der Waals surface area contributed by atoms with Crippen LogP contribution in [0.15, 0.2) is 12.1 Å². The molecule has 0 aliphatic heterocycles. The van der Waals surface area contributed by atoms with Crippen LogP contribution in [0.3, 0.4) is 0 Å². The molecule has 2 atom stereocenters. The number of rotatable bonds is 3. The van der Waals surface area contributed by atoms with Gasteiger partial charge in [-0.05, 0) is 48.8 Å². The maximum Gasteiger partial charge on any atom is 0.187 e. The third-order valence-electron chi connectivity index (χ3n) is 3.85. The normalized spacial score (nSPS) is 27.5. The van der Waals surface area contributed by atoms with Crippen LogP contribution in [0.25, 0.3) is 0 Å². The van der Waals surface area contributed by atoms with Gasteiger partial charge in [-0.2, -0.15) is 0 Å². The van der Waals surface area contributed by atoms with Crippen molar-refractivity contribution in [3.8, 4) is 5.75 Å². The van der Waals surface area contributed by atoms with Crippen molar-refractivity contribution in [1.82, 2.24) is 5.32 Å². The second-order valence-corrected chi connectivity index (χ2v) is 5.90. The Kier molecular flexibility index (Phi) is 4.40. The molecule has 1 aromatic rings. The summed E-state index contributed by atoms with van der Waals surface area (Å²) in [6, 6.07) is 2.76. The molecule has 19 heavy (non-hydrogen) atoms. The van der Waals surface area contributed by atoms with Crippen molar-refractivity contribution in [3.05, 3.63) is 29.3 Å². The number of nitrogens with one attached hydrogen (secondary N) is 1. The van der Waals surface area contributed by atoms with Crippen molar-refractivity contribution >= 4 is 0 Å². The second-order valence-electron chi connectivity index (χ2n) is 5.90. The molecule has 2 rings (SSSR count). The summed E-state index contributed by atoms with van der Waals surface area (Å²) in [5, 5.41) is 12.4. The van der Waals surface area contributed by atoms with Crippen LogP contribution in [0.2, 0.25) is 0 Å². The summed E-state index contributed by atoms with van der Waals surface area (Å²) in [6.07, 6.45) is 3.46. The van der Waals surface area contributed by atoms with Gasteiger partial charge in [0.15, 0.2) is 17.4 Å². The van der Waals surface area contributed by atoms with E-state index in [4.69, 9.17) is 5.11 Å². The number of hydrogen-bond donors (Lipinski definition) is 2. The van der Waals surface area contributed by atoms with Crippen LogP contribution in [0.1, 0.15) is 38.7 Å². The average molecular weight is 269 g/mol. The van der Waals surface area contributed by atoms with Crippen molar-refractivity contribution in [3.63, 3.8) is 0 Å². The molecule has 106 valence electrons. The first-order valence-electron chi connectivity index (χ1n) is 6.86. The summed E-state index contributed by atoms with van der Waals surface area (Å²) in [6.45, 7) is 4.91. The van der Waals surface area contributed by atoms with Crippen molar-refractivity contribution in [1.29, 1.82) is 0 Å². The molecule has 0 aromatic heterocycles. The van der Waals surface area contributed by atoms with Gasteiger partial charge in [-0.3, -0.25) is 0 Å². The van der Waals surface area contributed by atoms with Gasteiger partial charge in [0.1, 0.15) is 0 Å². The van der Waals surface area contributed by atoms with E-state index in [1.807, 2.05) is 0 Å². The number of hydrogen-bond acceptors (Lipinski definition) is 2. The molecule has 1 aliphatic rings. The smallest absolute Gasteiger partial charge is 0.187 e. The predicted octanol–water partition coefficient (Wildman–Crippen LogP) is 3.58. The van der Waals surface area contributed by atoms with Crippen LogP contribution < -0.4 is 5.32 Å². The molecule has 2 unspecified atom stereocenters. The second kappa shape index (κ2) is 5.87. The molecule has 0 amide bonds. The Morgan fingerprint density at radius 1 is 1.11 bits per heavy atom. The molecule has 0 spiro atoms. The molecule has 1 aromatic carbocycles. The molecule has 0 radical (unpaired) electrons. The van der Waals surface area contributed by atoms with Gasteiger partial charge in [0.25, 0.3) is 0 Å². The van der Waals surface area contributed by atoms with Crippen LogP contribution in [-0.2, 0) is 6.54 Å². The highest BCUT2D eigenvalue weighted by molar-refractivity contribution is 5.29. The Balaban J connectivity index is 1.95. The summed E-state index contributed by atoms with van der Waals surface area (Å²) in [5.74, 6) is -1.32. The van der Waals surface area contributed by atoms with Crippen LogP contribution >= 0.6 is 0 Å². The van der Waals surface area contributed by atoms with Gasteiger partial charge in [-0.15, -0.1) is 0 Å². The van der Waals surface area contributed by atoms with E-state index in [0.717, 1.165) is 12.8 Å². The fourth-order valence-electron chi connectivity index (χ4n) is 3.10. The zero-order chi connectivity index (χ0) is 14.0. The van der Waals surface area contributed by atoms with Crippen molar-refractivity contribution in [2.24, 2.45) is 11.8 Å². The minimum Gasteiger partial charge on any atom is -0.503 e. The standard InChI is InChI=1S/C15H21F2NO/c1-9-3-10(2)5-12(4-9)18-8-11-6-13(16)15(19)14(17)7-11/h6-7,9-10,12,18-19H,3-5,8H2,1-2H3. The molecule has 0 bridgehead atoms. The molecule has 4 heteroatoms. The highest BCUT2D eigenvalue weighted by Crippen LogP contribution is 2.29. The van der Waals surface area contributed by atoms with Gasteiger partial charge in [-0.1, -0.05) is 13.8 Å². The van der Waals surface area contributed by atoms with Crippen LogP contribution in [0.4, 0.5) is 8.78 Å². The first kappa shape index (κ1) is 14.3. The third-order valence-corrected chi connectivity index (χ3v) is 3.85. The summed E-state index contributed by atoms with van der Waals surface area (Å²) in [4.78, 5) is 0. The monoisotopic (exact) mass is 269 g/mol. The Morgan fingerprint density at radius 2 is 1.63 bits per heavy atom. The first-order chi connectivity index (χ1) is 8.95. The minimum absolute atomic E-state index is 0.402. The minimum atomic E-state index is -0.901. The lowest BCUT2D eigenvalue weighted by molar-refractivity contribution is 0.238. The van der Waals surface area contributed by atoms with E-state index in [9.17, 15) is 8.78 Å². The van der Waals surface area contributed by atoms with Gasteiger partial charge < -0.3 is 10.4 Å². The highest BCUT2D eigenvalue weighted by atomic mass is 19.1. The number of phenolic OH excluding ortho intramolecular Hbond substituents is 1. The Bertz CT molecular complexity index is 417. The topological polar surface area (TPSA) is 32.3 Å². The highest BCUT2D eigenvalue weighted by Gasteiger charge is 2.23. The largest absolute Gasteiger partial charge is 0.503 e. The maximum absolute atomic E-state index is 13.2. The van der Waals surface area contributed by atoms with E-state index in [0.29, 0.717) is 30.0 Å². The Labute approximate surface area is 112 Å². The van der Waals surface area contributed by atoms with E-state index in [1.165, 1.54) is 18.6 Å². The number of halogens is 2. The quantitative estimate of drug-likeness (QED) is 0.879. The SMILES string of the molecule is CC1CC(C)CC(NCc2cc(F)c(O)c(F)c2)C1. The third kappa shape index (κ3) is 3.66. The summed E-state index contributed by atoms with van der Waals surface area (Å²) in [5.41, 5.74) is 0.527. The van der Waals surface area contributed by atoms with E-state index >= 15 is 0 Å². The summed E-state index contributed by atoms with van der Waals surface area (Å²) < 4.78 is 26.4. The molecule has 0 heterocycles. The summed E-state index contributed by atoms with van der Waals surface area (Å²) >= 11 is 0. The van der Waals surface area contributed by atoms with Crippen molar-refractivity contribution in [2.75, 3.05) is 0 Å². The van der Waals surface area contributed by atoms with Crippen molar-refractivity contribution in [2.45, 2.75) is 45.7 Å². The molecule has 1 saturated carbocycles. The Hall–Kier alpha value is -1.16. The van der Waals surface area contributed by atoms with E-state index in [2.05, 4.69) is 19.2 Å². The molecule has 1 aliphatic carbocycles. The van der Waals surface area contributed by atoms with E-state index in [1.54, 1.807) is 0 Å². The van der Waals surface area contributed by atoms with Gasteiger partial charge in [0.2, 0.25) is 0 Å². The van der Waals surface area contributed by atoms with Gasteiger partial charge >= 0.3 is 0 Å². The number of aromatic hydroxyl groups is 1. The van der Waals surface area contributed by atoms with Gasteiger partial charge in [0, 0.05) is 12.6 Å². The van der Waals surface area contributed by atoms with Crippen molar-refractivity contribution < 1.29 is 13.9 Å². The lowest BCUT2D eigenvalue weighted by atomic mass is 9.80. The van der Waals surface area contributed by atoms with Gasteiger partial charge in [-0.25, -0.2) is 8.78 Å². The first-order valence-corrected chi connectivity index (χ1v) is 6.86. The number of phenols is 1. The fraction of sp³-hybridized carbons (Fsp3) is 0.600. The molecular weight excluding hydrogens is 248 g/mol. The Morgan fingerprint density at radius 3 is 2.16 bits per heavy atom. The maximum atomic E-state index is 13.2. The van der Waals surface area contributed by atoms with E-state index < -0.39 is 17.4 Å². The molecule has 2 nitrogen and oxygen atoms in total. The lowest BCUT2D eigenvalue weighted by Gasteiger charge is -2.32. The average Bonchev–Trinajstić information content (AvgIpc) is 2.32. The molecule has 0 saturated heterocycles. The predicted molar refractivity (Wildman–Crippen MR) is 70.8 cm³/mol. The molecular formula is C15H21F2NO. The molecule has 2 N–H and O–H groups in total. The fourth-order valence-corrected chi connectivity index (χ4v) is 3.10. The van der Waals surface area contributed by atoms with Crippen LogP contribution in [0.5, 0.6) is 5.75 Å². The number of benzene rings is 1.